The number of carbonyl (C=O) groups is 1. The normalized spacial score (nSPS) is 20.7. The summed E-state index contributed by atoms with van der Waals surface area (Å²) in [7, 11) is 0. The van der Waals surface area contributed by atoms with Gasteiger partial charge < -0.3 is 10.1 Å². The Morgan fingerprint density at radius 2 is 2.04 bits per heavy atom. The molecule has 1 saturated heterocycles. The number of benzene rings is 1. The summed E-state index contributed by atoms with van der Waals surface area (Å²) in [6, 6.07) is 10.3. The van der Waals surface area contributed by atoms with Crippen LogP contribution in [0.5, 0.6) is 0 Å². The van der Waals surface area contributed by atoms with Crippen molar-refractivity contribution in [3.05, 3.63) is 59.7 Å². The first-order valence-corrected chi connectivity index (χ1v) is 7.22. The fraction of sp³-hybridized carbons (Fsp3) is 0.312. The smallest absolute Gasteiger partial charge is 0.280 e. The first kappa shape index (κ1) is 15.5. The highest BCUT2D eigenvalue weighted by Crippen LogP contribution is 2.29. The summed E-state index contributed by atoms with van der Waals surface area (Å²) in [5.41, 5.74) is 0.424. The third-order valence-electron chi connectivity index (χ3n) is 3.68. The van der Waals surface area contributed by atoms with E-state index in [0.29, 0.717) is 13.0 Å². The first-order chi connectivity index (χ1) is 11.1. The molecule has 0 bridgehead atoms. The molecule has 0 aliphatic carbocycles. The number of halogens is 2. The summed E-state index contributed by atoms with van der Waals surface area (Å²) in [5, 5.41) is 2.81. The Kier molecular flexibility index (Phi) is 4.57. The fourth-order valence-electron chi connectivity index (χ4n) is 2.57. The van der Waals surface area contributed by atoms with Gasteiger partial charge in [0.15, 0.2) is 0 Å². The Balaban J connectivity index is 1.73. The van der Waals surface area contributed by atoms with Crippen molar-refractivity contribution in [1.82, 2.24) is 15.3 Å². The van der Waals surface area contributed by atoms with E-state index in [1.54, 1.807) is 0 Å². The van der Waals surface area contributed by atoms with E-state index in [2.05, 4.69) is 15.3 Å². The molecule has 3 rings (SSSR count). The molecule has 7 heteroatoms. The minimum Gasteiger partial charge on any atom is -0.371 e. The second-order valence-corrected chi connectivity index (χ2v) is 5.20. The molecular weight excluding hydrogens is 304 g/mol. The van der Waals surface area contributed by atoms with E-state index in [9.17, 15) is 13.6 Å². The van der Waals surface area contributed by atoms with E-state index in [0.717, 1.165) is 18.0 Å². The third-order valence-corrected chi connectivity index (χ3v) is 3.68. The van der Waals surface area contributed by atoms with Crippen molar-refractivity contribution in [2.75, 3.05) is 6.61 Å². The van der Waals surface area contributed by atoms with Crippen LogP contribution in [0.25, 0.3) is 0 Å². The Bertz CT molecular complexity index is 682. The molecule has 0 unspecified atom stereocenters. The van der Waals surface area contributed by atoms with Gasteiger partial charge in [-0.25, -0.2) is 18.7 Å². The third kappa shape index (κ3) is 3.50. The van der Waals surface area contributed by atoms with Crippen LogP contribution >= 0.6 is 0 Å². The van der Waals surface area contributed by atoms with Gasteiger partial charge in [0.1, 0.15) is 23.8 Å². The average Bonchev–Trinajstić information content (AvgIpc) is 3.04. The Hall–Kier alpha value is -2.41. The highest BCUT2D eigenvalue weighted by Gasteiger charge is 2.31. The van der Waals surface area contributed by atoms with Crippen LogP contribution in [0.4, 0.5) is 8.78 Å². The molecule has 0 spiro atoms. The topological polar surface area (TPSA) is 64.1 Å². The summed E-state index contributed by atoms with van der Waals surface area (Å²) >= 11 is 0. The van der Waals surface area contributed by atoms with Gasteiger partial charge >= 0.3 is 0 Å². The summed E-state index contributed by atoms with van der Waals surface area (Å²) < 4.78 is 31.0. The Labute approximate surface area is 131 Å². The molecule has 1 aromatic heterocycles. The van der Waals surface area contributed by atoms with E-state index in [-0.39, 0.29) is 17.8 Å². The Morgan fingerprint density at radius 3 is 2.78 bits per heavy atom. The molecule has 1 N–H and O–H groups in total. The maximum absolute atomic E-state index is 12.7. The number of hydrogen-bond acceptors (Lipinski definition) is 4. The van der Waals surface area contributed by atoms with E-state index in [1.807, 2.05) is 30.3 Å². The van der Waals surface area contributed by atoms with Gasteiger partial charge in [-0.05, 0) is 18.1 Å². The highest BCUT2D eigenvalue weighted by atomic mass is 19.3. The van der Waals surface area contributed by atoms with Crippen molar-refractivity contribution >= 4 is 5.91 Å². The largest absolute Gasteiger partial charge is 0.371 e. The molecule has 5 nitrogen and oxygen atoms in total. The maximum atomic E-state index is 12.7. The Morgan fingerprint density at radius 1 is 1.26 bits per heavy atom. The van der Waals surface area contributed by atoms with Crippen LogP contribution in [0.2, 0.25) is 0 Å². The minimum absolute atomic E-state index is 0.0750. The van der Waals surface area contributed by atoms with Crippen molar-refractivity contribution in [3.63, 3.8) is 0 Å². The summed E-state index contributed by atoms with van der Waals surface area (Å²) in [6.45, 7) is 0.524. The number of amides is 1. The van der Waals surface area contributed by atoms with Gasteiger partial charge in [-0.1, -0.05) is 30.3 Å². The molecule has 23 heavy (non-hydrogen) atoms. The van der Waals surface area contributed by atoms with Crippen LogP contribution in [-0.4, -0.2) is 28.5 Å². The molecule has 0 radical (unpaired) electrons. The average molecular weight is 319 g/mol. The van der Waals surface area contributed by atoms with E-state index < -0.39 is 18.0 Å². The molecule has 120 valence electrons. The number of aromatic nitrogens is 2. The van der Waals surface area contributed by atoms with Crippen LogP contribution in [0.1, 0.15) is 40.7 Å². The zero-order valence-corrected chi connectivity index (χ0v) is 12.2. The number of nitrogens with one attached hydrogen (secondary N) is 1. The molecular formula is C16H15F2N3O2. The van der Waals surface area contributed by atoms with Crippen molar-refractivity contribution in [2.24, 2.45) is 0 Å². The molecule has 1 aliphatic rings. The molecule has 1 aliphatic heterocycles. The lowest BCUT2D eigenvalue weighted by Crippen LogP contribution is -2.37. The van der Waals surface area contributed by atoms with Crippen LogP contribution in [0, 0.1) is 0 Å². The van der Waals surface area contributed by atoms with Gasteiger partial charge in [-0.15, -0.1) is 0 Å². The van der Waals surface area contributed by atoms with Gasteiger partial charge in [0.05, 0.1) is 6.04 Å². The number of alkyl halides is 2. The lowest BCUT2D eigenvalue weighted by atomic mass is 10.0. The van der Waals surface area contributed by atoms with Crippen molar-refractivity contribution in [1.29, 1.82) is 0 Å². The second kappa shape index (κ2) is 6.78. The second-order valence-electron chi connectivity index (χ2n) is 5.20. The summed E-state index contributed by atoms with van der Waals surface area (Å²) in [5.74, 6) is -0.509. The molecule has 2 aromatic rings. The van der Waals surface area contributed by atoms with Gasteiger partial charge in [0.25, 0.3) is 12.3 Å². The van der Waals surface area contributed by atoms with Gasteiger partial charge in [0.2, 0.25) is 0 Å². The van der Waals surface area contributed by atoms with Gasteiger partial charge in [0, 0.05) is 6.61 Å². The minimum atomic E-state index is -2.74. The van der Waals surface area contributed by atoms with Crippen LogP contribution < -0.4 is 5.32 Å². The van der Waals surface area contributed by atoms with Crippen molar-refractivity contribution < 1.29 is 18.3 Å². The SMILES string of the molecule is O=C(N[C@@H]1CCO[C@H]1c1ccccc1)c1cc(C(F)F)ncn1. The quantitative estimate of drug-likeness (QED) is 0.941. The predicted octanol–water partition coefficient (Wildman–Crippen LogP) is 2.67. The van der Waals surface area contributed by atoms with Crippen LogP contribution in [0.3, 0.4) is 0 Å². The van der Waals surface area contributed by atoms with Crippen molar-refractivity contribution in [3.8, 4) is 0 Å². The monoisotopic (exact) mass is 319 g/mol. The van der Waals surface area contributed by atoms with Crippen molar-refractivity contribution in [2.45, 2.75) is 25.0 Å². The first-order valence-electron chi connectivity index (χ1n) is 7.22. The molecule has 2 atom stereocenters. The predicted molar refractivity (Wildman–Crippen MR) is 78.0 cm³/mol. The van der Waals surface area contributed by atoms with E-state index >= 15 is 0 Å². The molecule has 1 aromatic carbocycles. The summed E-state index contributed by atoms with van der Waals surface area (Å²) in [6.07, 6.45) is -1.37. The zero-order chi connectivity index (χ0) is 16.2. The zero-order valence-electron chi connectivity index (χ0n) is 12.2. The van der Waals surface area contributed by atoms with Gasteiger partial charge in [-0.3, -0.25) is 4.79 Å². The standard InChI is InChI=1S/C16H15F2N3O2/c17-15(18)12-8-13(20-9-19-12)16(22)21-11-6-7-23-14(11)10-4-2-1-3-5-10/h1-5,8-9,11,14-15H,6-7H2,(H,21,22)/t11-,14+/m1/s1. The van der Waals surface area contributed by atoms with Gasteiger partial charge in [-0.2, -0.15) is 0 Å². The molecule has 1 fully saturated rings. The lowest BCUT2D eigenvalue weighted by Gasteiger charge is -2.20. The fourth-order valence-corrected chi connectivity index (χ4v) is 2.57. The van der Waals surface area contributed by atoms with Crippen LogP contribution in [0.15, 0.2) is 42.7 Å². The molecule has 1 amide bonds. The summed E-state index contributed by atoms with van der Waals surface area (Å²) in [4.78, 5) is 19.5. The number of ether oxygens (including phenoxy) is 1. The number of rotatable bonds is 4. The molecule has 2 heterocycles. The van der Waals surface area contributed by atoms with E-state index in [1.165, 1.54) is 0 Å². The number of carbonyl (C=O) groups excluding carboxylic acids is 1. The van der Waals surface area contributed by atoms with E-state index in [4.69, 9.17) is 4.74 Å². The lowest BCUT2D eigenvalue weighted by molar-refractivity contribution is 0.0817. The highest BCUT2D eigenvalue weighted by molar-refractivity contribution is 5.92. The number of nitrogens with zero attached hydrogens (tertiary/aromatic N) is 2. The maximum Gasteiger partial charge on any atom is 0.280 e. The van der Waals surface area contributed by atoms with Crippen LogP contribution in [-0.2, 0) is 4.74 Å². The molecule has 0 saturated carbocycles. The number of hydrogen-bond donors (Lipinski definition) is 1.